The lowest BCUT2D eigenvalue weighted by atomic mass is 10.3. The first kappa shape index (κ1) is 9.08. The Balaban J connectivity index is 2.21. The second-order valence-corrected chi connectivity index (χ2v) is 3.13. The molecule has 5 heteroatoms. The van der Waals surface area contributed by atoms with Gasteiger partial charge in [-0.1, -0.05) is 0 Å². The molecule has 5 nitrogen and oxygen atoms in total. The summed E-state index contributed by atoms with van der Waals surface area (Å²) in [7, 11) is 1.64. The van der Waals surface area contributed by atoms with E-state index in [1.807, 2.05) is 6.92 Å². The molecule has 74 valence electrons. The minimum Gasteiger partial charge on any atom is -0.377 e. The monoisotopic (exact) mass is 192 g/mol. The largest absolute Gasteiger partial charge is 0.377 e. The smallest absolute Gasteiger partial charge is 0.155 e. The average Bonchev–Trinajstić information content (AvgIpc) is 2.19. The summed E-state index contributed by atoms with van der Waals surface area (Å²) in [5.74, 6) is 1.59. The van der Waals surface area contributed by atoms with Crippen LogP contribution in [0.5, 0.6) is 0 Å². The highest BCUT2D eigenvalue weighted by atomic mass is 16.5. The fourth-order valence-corrected chi connectivity index (χ4v) is 1.31. The van der Waals surface area contributed by atoms with Crippen molar-refractivity contribution in [3.05, 3.63) is 17.6 Å². The number of fused-ring (bicyclic) bond motifs is 1. The Kier molecular flexibility index (Phi) is 2.41. The van der Waals surface area contributed by atoms with Crippen LogP contribution in [0.4, 0.5) is 5.82 Å². The zero-order chi connectivity index (χ0) is 9.97. The van der Waals surface area contributed by atoms with Crippen molar-refractivity contribution in [1.82, 2.24) is 9.97 Å². The van der Waals surface area contributed by atoms with Gasteiger partial charge in [0.05, 0.1) is 18.4 Å². The molecule has 0 aliphatic carbocycles. The summed E-state index contributed by atoms with van der Waals surface area (Å²) in [5.41, 5.74) is 1.81. The van der Waals surface area contributed by atoms with E-state index in [0.717, 1.165) is 23.0 Å². The van der Waals surface area contributed by atoms with Crippen molar-refractivity contribution in [3.8, 4) is 0 Å². The van der Waals surface area contributed by atoms with Crippen LogP contribution < -0.4 is 5.32 Å². The molecule has 0 atom stereocenters. The molecule has 0 unspecified atom stereocenters. The van der Waals surface area contributed by atoms with Crippen molar-refractivity contribution in [2.75, 3.05) is 19.0 Å². The maximum atomic E-state index is 4.98. The summed E-state index contributed by atoms with van der Waals surface area (Å²) >= 11 is 0. The minimum absolute atomic E-state index is 0.481. The van der Waals surface area contributed by atoms with E-state index >= 15 is 0 Å². The third kappa shape index (κ3) is 1.72. The fourth-order valence-electron chi connectivity index (χ4n) is 1.31. The zero-order valence-corrected chi connectivity index (χ0v) is 8.24. The van der Waals surface area contributed by atoms with E-state index in [9.17, 15) is 0 Å². The number of nitrogens with one attached hydrogen (secondary N) is 1. The molecule has 1 N–H and O–H groups in total. The highest BCUT2D eigenvalue weighted by molar-refractivity contribution is 5.97. The third-order valence-corrected chi connectivity index (χ3v) is 1.93. The summed E-state index contributed by atoms with van der Waals surface area (Å²) in [4.78, 5) is 12.9. The second kappa shape index (κ2) is 3.71. The van der Waals surface area contributed by atoms with Crippen LogP contribution in [0.25, 0.3) is 0 Å². The van der Waals surface area contributed by atoms with Gasteiger partial charge in [0.1, 0.15) is 18.1 Å². The molecule has 0 radical (unpaired) electrons. The summed E-state index contributed by atoms with van der Waals surface area (Å²) in [5, 5.41) is 3.08. The lowest BCUT2D eigenvalue weighted by molar-refractivity contribution is 0.244. The number of hydrogen-bond donors (Lipinski definition) is 1. The zero-order valence-electron chi connectivity index (χ0n) is 8.24. The lowest BCUT2D eigenvalue weighted by Crippen LogP contribution is -2.24. The summed E-state index contributed by atoms with van der Waals surface area (Å²) in [6.45, 7) is 2.98. The van der Waals surface area contributed by atoms with Crippen molar-refractivity contribution in [2.24, 2.45) is 4.99 Å². The van der Waals surface area contributed by atoms with Crippen molar-refractivity contribution in [3.63, 3.8) is 0 Å². The van der Waals surface area contributed by atoms with E-state index < -0.39 is 0 Å². The molecule has 0 saturated heterocycles. The van der Waals surface area contributed by atoms with Gasteiger partial charge in [-0.25, -0.2) is 4.98 Å². The average molecular weight is 192 g/mol. The molecule has 2 heterocycles. The van der Waals surface area contributed by atoms with Gasteiger partial charge in [0.2, 0.25) is 0 Å². The van der Waals surface area contributed by atoms with E-state index in [1.165, 1.54) is 0 Å². The van der Waals surface area contributed by atoms with Gasteiger partial charge in [-0.05, 0) is 6.92 Å². The van der Waals surface area contributed by atoms with Gasteiger partial charge in [0.25, 0.3) is 0 Å². The number of ether oxygens (including phenoxy) is 1. The number of amidine groups is 1. The standard InChI is InChI=1S/C9H12N4O/c1-6-3-11-9-7(12-6)4-10-8(13-9)5-14-2/h3H,4-5H2,1-2H3,(H,10,11,13). The first-order chi connectivity index (χ1) is 6.79. The van der Waals surface area contributed by atoms with Crippen LogP contribution in [0.2, 0.25) is 0 Å². The third-order valence-electron chi connectivity index (χ3n) is 1.93. The number of aryl methyl sites for hydroxylation is 1. The summed E-state index contributed by atoms with van der Waals surface area (Å²) < 4.78 is 4.98. The number of aliphatic imine (C=N–C) groups is 1. The Morgan fingerprint density at radius 2 is 2.43 bits per heavy atom. The molecule has 1 aliphatic heterocycles. The van der Waals surface area contributed by atoms with E-state index in [2.05, 4.69) is 20.3 Å². The maximum absolute atomic E-state index is 4.98. The first-order valence-electron chi connectivity index (χ1n) is 4.41. The number of nitrogens with zero attached hydrogens (tertiary/aromatic N) is 3. The Morgan fingerprint density at radius 3 is 3.21 bits per heavy atom. The van der Waals surface area contributed by atoms with Crippen LogP contribution in [0.3, 0.4) is 0 Å². The molecule has 0 fully saturated rings. The van der Waals surface area contributed by atoms with Gasteiger partial charge in [0.15, 0.2) is 5.82 Å². The van der Waals surface area contributed by atoms with E-state index in [-0.39, 0.29) is 0 Å². The van der Waals surface area contributed by atoms with Gasteiger partial charge in [-0.15, -0.1) is 0 Å². The molecule has 0 saturated carbocycles. The number of aromatic nitrogens is 2. The number of rotatable bonds is 2. The van der Waals surface area contributed by atoms with Crippen LogP contribution in [0, 0.1) is 6.92 Å². The number of anilines is 1. The SMILES string of the molecule is COCC1=NCc2nc(C)cnc2N1. The second-order valence-electron chi connectivity index (χ2n) is 3.13. The summed E-state index contributed by atoms with van der Waals surface area (Å²) in [6, 6.07) is 0. The molecule has 0 bridgehead atoms. The van der Waals surface area contributed by atoms with Gasteiger partial charge < -0.3 is 10.1 Å². The number of hydrogen-bond acceptors (Lipinski definition) is 5. The normalized spacial score (nSPS) is 14.3. The van der Waals surface area contributed by atoms with Crippen molar-refractivity contribution in [1.29, 1.82) is 0 Å². The quantitative estimate of drug-likeness (QED) is 0.751. The van der Waals surface area contributed by atoms with Gasteiger partial charge in [-0.3, -0.25) is 9.98 Å². The molecule has 1 aromatic heterocycles. The van der Waals surface area contributed by atoms with Crippen LogP contribution in [0.15, 0.2) is 11.2 Å². The van der Waals surface area contributed by atoms with Crippen molar-refractivity contribution >= 4 is 11.7 Å². The van der Waals surface area contributed by atoms with E-state index in [1.54, 1.807) is 13.3 Å². The molecule has 1 aliphatic rings. The van der Waals surface area contributed by atoms with Crippen LogP contribution in [0.1, 0.15) is 11.4 Å². The molecule has 14 heavy (non-hydrogen) atoms. The lowest BCUT2D eigenvalue weighted by Gasteiger charge is -2.16. The molecule has 0 aromatic carbocycles. The fraction of sp³-hybridized carbons (Fsp3) is 0.444. The van der Waals surface area contributed by atoms with Crippen LogP contribution in [-0.2, 0) is 11.3 Å². The van der Waals surface area contributed by atoms with Gasteiger partial charge in [0, 0.05) is 7.11 Å². The maximum Gasteiger partial charge on any atom is 0.155 e. The molecule has 1 aromatic rings. The van der Waals surface area contributed by atoms with E-state index in [4.69, 9.17) is 4.74 Å². The highest BCUT2D eigenvalue weighted by Crippen LogP contribution is 2.15. The Bertz CT molecular complexity index is 375. The minimum atomic E-state index is 0.481. The van der Waals surface area contributed by atoms with Crippen LogP contribution in [-0.4, -0.2) is 29.5 Å². The number of methoxy groups -OCH3 is 1. The predicted molar refractivity (Wildman–Crippen MR) is 53.4 cm³/mol. The van der Waals surface area contributed by atoms with Gasteiger partial charge in [-0.2, -0.15) is 0 Å². The Hall–Kier alpha value is -1.49. The Morgan fingerprint density at radius 1 is 1.57 bits per heavy atom. The first-order valence-corrected chi connectivity index (χ1v) is 4.41. The topological polar surface area (TPSA) is 59.4 Å². The Labute approximate surface area is 82.2 Å². The highest BCUT2D eigenvalue weighted by Gasteiger charge is 2.13. The molecular weight excluding hydrogens is 180 g/mol. The van der Waals surface area contributed by atoms with E-state index in [0.29, 0.717) is 13.2 Å². The molecule has 2 rings (SSSR count). The molecular formula is C9H12N4O. The molecule has 0 spiro atoms. The summed E-state index contributed by atoms with van der Waals surface area (Å²) in [6.07, 6.45) is 1.74. The predicted octanol–water partition coefficient (Wildman–Crippen LogP) is 0.755. The van der Waals surface area contributed by atoms with Crippen molar-refractivity contribution < 1.29 is 4.74 Å². The molecule has 0 amide bonds. The van der Waals surface area contributed by atoms with Crippen LogP contribution >= 0.6 is 0 Å². The van der Waals surface area contributed by atoms with Crippen molar-refractivity contribution in [2.45, 2.75) is 13.5 Å². The van der Waals surface area contributed by atoms with Gasteiger partial charge >= 0.3 is 0 Å².